The number of ether oxygens (including phenoxy) is 6. The summed E-state index contributed by atoms with van der Waals surface area (Å²) in [7, 11) is 3.42. The summed E-state index contributed by atoms with van der Waals surface area (Å²) < 4.78 is 32.8. The highest BCUT2D eigenvalue weighted by molar-refractivity contribution is 7.99. The molecule has 7 atom stereocenters. The summed E-state index contributed by atoms with van der Waals surface area (Å²) in [5.74, 6) is -0.00818. The van der Waals surface area contributed by atoms with E-state index in [2.05, 4.69) is 21.2 Å². The molecule has 7 rings (SSSR count). The van der Waals surface area contributed by atoms with Crippen LogP contribution in [0.2, 0.25) is 0 Å². The van der Waals surface area contributed by atoms with Crippen LogP contribution in [0.4, 0.5) is 4.79 Å². The van der Waals surface area contributed by atoms with Gasteiger partial charge in [0.25, 0.3) is 0 Å². The molecule has 2 saturated heterocycles. The van der Waals surface area contributed by atoms with Gasteiger partial charge in [0, 0.05) is 47.0 Å². The minimum atomic E-state index is -1.88. The Morgan fingerprint density at radius 1 is 1.15 bits per heavy atom. The number of rotatable bonds is 4. The lowest BCUT2D eigenvalue weighted by Gasteiger charge is -2.61. The first-order chi connectivity index (χ1) is 24.7. The molecule has 4 bridgehead atoms. The standard InChI is InChI=1S/C34H35Cl3N4O10S/c1-13-6-16-7-18-19(8-38)41-20-9-47-32(44)17(39-33(45)48-11-34(35,36)37)10-52-31(25(41)24(40(18)4)21(16)26(43)27(13)46-5)23-22(20)30-29(49-12-50-30)14(2)28(23)51-15(3)42/h6,17-20,24-25,31,43H,7,9-12H2,1-5H3,(H,39,45)/t17?,18?,19-,20-,24?,25+,31+/m0/s1. The summed E-state index contributed by atoms with van der Waals surface area (Å²) in [5.41, 5.74) is 3.97. The Morgan fingerprint density at radius 3 is 2.56 bits per heavy atom. The van der Waals surface area contributed by atoms with Crippen molar-refractivity contribution < 1.29 is 47.9 Å². The Hall–Kier alpha value is -3.52. The Kier molecular flexibility index (Phi) is 9.71. The molecule has 14 nitrogen and oxygen atoms in total. The molecule has 0 aromatic heterocycles. The molecule has 5 aliphatic heterocycles. The number of halogens is 3. The van der Waals surface area contributed by atoms with E-state index in [0.717, 1.165) is 11.1 Å². The van der Waals surface area contributed by atoms with Gasteiger partial charge in [-0.3, -0.25) is 14.6 Å². The normalized spacial score (nSPS) is 27.7. The van der Waals surface area contributed by atoms with Gasteiger partial charge in [0.05, 0.1) is 30.5 Å². The molecule has 3 unspecified atom stereocenters. The Balaban J connectivity index is 1.45. The number of nitrogens with zero attached hydrogens (tertiary/aromatic N) is 3. The van der Waals surface area contributed by atoms with E-state index in [0.29, 0.717) is 45.9 Å². The number of nitrogens with one attached hydrogen (secondary N) is 1. The van der Waals surface area contributed by atoms with E-state index in [9.17, 15) is 24.8 Å². The number of phenols is 1. The number of alkyl halides is 3. The van der Waals surface area contributed by atoms with Crippen LogP contribution < -0.4 is 24.3 Å². The van der Waals surface area contributed by atoms with E-state index < -0.39 is 63.9 Å². The number of nitriles is 1. The van der Waals surface area contributed by atoms with Gasteiger partial charge < -0.3 is 38.8 Å². The molecule has 2 fully saturated rings. The lowest BCUT2D eigenvalue weighted by atomic mass is 9.71. The number of benzene rings is 2. The third kappa shape index (κ3) is 6.01. The molecule has 2 aromatic carbocycles. The van der Waals surface area contributed by atoms with Crippen LogP contribution in [-0.2, 0) is 25.5 Å². The van der Waals surface area contributed by atoms with Crippen LogP contribution in [0, 0.1) is 25.2 Å². The number of likely N-dealkylation sites (N-methyl/N-ethyl adjacent to an activating group) is 1. The third-order valence-corrected chi connectivity index (χ3v) is 12.0. The number of fused-ring (bicyclic) bond motifs is 9. The second-order valence-corrected chi connectivity index (χ2v) is 17.0. The number of hydrogen-bond acceptors (Lipinski definition) is 14. The van der Waals surface area contributed by atoms with Crippen molar-refractivity contribution in [1.82, 2.24) is 15.1 Å². The fourth-order valence-electron chi connectivity index (χ4n) is 8.40. The number of alkyl carbamates (subject to hydrolysis) is 1. The molecule has 278 valence electrons. The zero-order valence-corrected chi connectivity index (χ0v) is 31.7. The van der Waals surface area contributed by atoms with Gasteiger partial charge in [-0.1, -0.05) is 40.9 Å². The van der Waals surface area contributed by atoms with Gasteiger partial charge in [0.1, 0.15) is 31.0 Å². The summed E-state index contributed by atoms with van der Waals surface area (Å²) in [4.78, 5) is 43.4. The summed E-state index contributed by atoms with van der Waals surface area (Å²) in [6.45, 7) is 3.97. The van der Waals surface area contributed by atoms with Gasteiger partial charge in [0.2, 0.25) is 10.6 Å². The maximum absolute atomic E-state index is 13.7. The zero-order valence-electron chi connectivity index (χ0n) is 28.7. The Bertz CT molecular complexity index is 1900. The first-order valence-electron chi connectivity index (χ1n) is 16.4. The second kappa shape index (κ2) is 13.7. The molecule has 1 amide bonds. The number of phenolic OH excluding ortho intramolecular Hbond substituents is 1. The van der Waals surface area contributed by atoms with Gasteiger partial charge in [0.15, 0.2) is 23.0 Å². The minimum absolute atomic E-state index is 0.00825. The Labute approximate surface area is 318 Å². The number of cyclic esters (lactones) is 1. The van der Waals surface area contributed by atoms with Gasteiger partial charge in [-0.05, 0) is 38.4 Å². The lowest BCUT2D eigenvalue weighted by molar-refractivity contribution is -0.151. The molecule has 0 radical (unpaired) electrons. The SMILES string of the molecule is COc1c(C)cc2c(c1O)C1[C@@H]3[C@@H]4SCC(NC(=O)OCC(Cl)(Cl)Cl)C(=O)OC[C@@H](c5c6c(c(C)c(OC(C)=O)c54)OCO6)N3[C@@H](C#N)C(C2)N1C. The molecule has 52 heavy (non-hydrogen) atoms. The summed E-state index contributed by atoms with van der Waals surface area (Å²) >= 11 is 18.6. The molecule has 2 N–H and O–H groups in total. The van der Waals surface area contributed by atoms with Crippen LogP contribution >= 0.6 is 46.6 Å². The smallest absolute Gasteiger partial charge is 0.408 e. The average Bonchev–Trinajstić information content (AvgIpc) is 3.57. The average molecular weight is 798 g/mol. The fraction of sp³-hybridized carbons (Fsp3) is 0.529. The minimum Gasteiger partial charge on any atom is -0.504 e. The van der Waals surface area contributed by atoms with Crippen LogP contribution in [0.5, 0.6) is 28.7 Å². The molecule has 0 aliphatic carbocycles. The topological polar surface area (TPSA) is 169 Å². The van der Waals surface area contributed by atoms with E-state index in [1.807, 2.05) is 20.0 Å². The van der Waals surface area contributed by atoms with Gasteiger partial charge in [-0.2, -0.15) is 5.26 Å². The van der Waals surface area contributed by atoms with Crippen LogP contribution in [0.15, 0.2) is 6.07 Å². The van der Waals surface area contributed by atoms with Crippen molar-refractivity contribution >= 4 is 64.6 Å². The number of carbonyl (C=O) groups is 3. The number of methoxy groups -OCH3 is 1. The number of thioether (sulfide) groups is 1. The first kappa shape index (κ1) is 36.8. The zero-order chi connectivity index (χ0) is 37.4. The number of carbonyl (C=O) groups excluding carboxylic acids is 3. The van der Waals surface area contributed by atoms with Crippen molar-refractivity contribution in [2.75, 3.05) is 39.9 Å². The number of amides is 1. The molecule has 5 heterocycles. The van der Waals surface area contributed by atoms with Crippen LogP contribution in [0.3, 0.4) is 0 Å². The number of aromatic hydroxyl groups is 1. The quantitative estimate of drug-likeness (QED) is 0.248. The molecular weight excluding hydrogens is 763 g/mol. The predicted molar refractivity (Wildman–Crippen MR) is 188 cm³/mol. The second-order valence-electron chi connectivity index (χ2n) is 13.3. The van der Waals surface area contributed by atoms with E-state index in [1.165, 1.54) is 25.8 Å². The molecule has 18 heteroatoms. The van der Waals surface area contributed by atoms with Crippen molar-refractivity contribution in [3.05, 3.63) is 39.4 Å². The predicted octanol–water partition coefficient (Wildman–Crippen LogP) is 4.70. The van der Waals surface area contributed by atoms with Crippen LogP contribution in [0.1, 0.15) is 57.6 Å². The number of aryl methyl sites for hydroxylation is 1. The monoisotopic (exact) mass is 796 g/mol. The van der Waals surface area contributed by atoms with Gasteiger partial charge >= 0.3 is 18.0 Å². The fourth-order valence-corrected chi connectivity index (χ4v) is 10.1. The van der Waals surface area contributed by atoms with Gasteiger partial charge in [-0.25, -0.2) is 9.59 Å². The van der Waals surface area contributed by atoms with Crippen molar-refractivity contribution in [1.29, 1.82) is 5.26 Å². The van der Waals surface area contributed by atoms with Crippen molar-refractivity contribution in [2.24, 2.45) is 0 Å². The summed E-state index contributed by atoms with van der Waals surface area (Å²) in [6, 6.07) is 0.309. The van der Waals surface area contributed by atoms with Crippen LogP contribution in [0.25, 0.3) is 0 Å². The molecular formula is C34H35Cl3N4O10S. The van der Waals surface area contributed by atoms with E-state index in [1.54, 1.807) is 6.92 Å². The highest BCUT2D eigenvalue weighted by Gasteiger charge is 2.60. The number of esters is 2. The van der Waals surface area contributed by atoms with Crippen molar-refractivity contribution in [3.8, 4) is 34.8 Å². The first-order valence-corrected chi connectivity index (χ1v) is 18.6. The van der Waals surface area contributed by atoms with E-state index >= 15 is 0 Å². The lowest BCUT2D eigenvalue weighted by Crippen LogP contribution is -2.69. The van der Waals surface area contributed by atoms with Crippen LogP contribution in [-0.4, -0.2) is 101 Å². The Morgan fingerprint density at radius 2 is 1.88 bits per heavy atom. The molecule has 2 aromatic rings. The molecule has 0 saturated carbocycles. The maximum Gasteiger partial charge on any atom is 0.408 e. The van der Waals surface area contributed by atoms with E-state index in [-0.39, 0.29) is 36.7 Å². The third-order valence-electron chi connectivity index (χ3n) is 10.3. The largest absolute Gasteiger partial charge is 0.504 e. The highest BCUT2D eigenvalue weighted by atomic mass is 35.6. The van der Waals surface area contributed by atoms with E-state index in [4.69, 9.17) is 63.2 Å². The number of piperazine rings is 1. The van der Waals surface area contributed by atoms with Crippen molar-refractivity contribution in [2.45, 2.75) is 72.5 Å². The molecule has 0 spiro atoms. The summed E-state index contributed by atoms with van der Waals surface area (Å²) in [5, 5.41) is 24.7. The molecule has 5 aliphatic rings. The maximum atomic E-state index is 13.7. The summed E-state index contributed by atoms with van der Waals surface area (Å²) in [6.07, 6.45) is -0.553. The highest BCUT2D eigenvalue weighted by Crippen LogP contribution is 2.64. The number of hydrogen-bond donors (Lipinski definition) is 2. The van der Waals surface area contributed by atoms with Gasteiger partial charge in [-0.15, -0.1) is 11.8 Å². The van der Waals surface area contributed by atoms with Crippen molar-refractivity contribution in [3.63, 3.8) is 0 Å².